The standard InChI is InChI=1S/C14H18BrClN2O2/c15-9-1-6-13(12(16)7-9)20-8-14(19)18-11-4-2-10(17)3-5-11/h1,6-7,10-11H,2-5,8,17H2,(H,18,19). The Morgan fingerprint density at radius 2 is 2.10 bits per heavy atom. The molecule has 0 saturated heterocycles. The zero-order valence-electron chi connectivity index (χ0n) is 11.1. The van der Waals surface area contributed by atoms with Gasteiger partial charge in [0.2, 0.25) is 0 Å². The predicted molar refractivity (Wildman–Crippen MR) is 83.0 cm³/mol. The van der Waals surface area contributed by atoms with Gasteiger partial charge in [-0.2, -0.15) is 0 Å². The highest BCUT2D eigenvalue weighted by Gasteiger charge is 2.20. The number of nitrogens with one attached hydrogen (secondary N) is 1. The van der Waals surface area contributed by atoms with Crippen molar-refractivity contribution in [2.45, 2.75) is 37.8 Å². The van der Waals surface area contributed by atoms with Gasteiger partial charge in [-0.25, -0.2) is 0 Å². The van der Waals surface area contributed by atoms with Crippen molar-refractivity contribution in [1.29, 1.82) is 0 Å². The molecule has 1 saturated carbocycles. The SMILES string of the molecule is NC1CCC(NC(=O)COc2ccc(Br)cc2Cl)CC1. The van der Waals surface area contributed by atoms with Gasteiger partial charge in [-0.1, -0.05) is 27.5 Å². The van der Waals surface area contributed by atoms with Gasteiger partial charge < -0.3 is 15.8 Å². The van der Waals surface area contributed by atoms with Crippen LogP contribution in [-0.2, 0) is 4.79 Å². The first-order chi connectivity index (χ1) is 9.54. The van der Waals surface area contributed by atoms with E-state index in [-0.39, 0.29) is 24.6 Å². The fraction of sp³-hybridized carbons (Fsp3) is 0.500. The summed E-state index contributed by atoms with van der Waals surface area (Å²) in [5.74, 6) is 0.389. The summed E-state index contributed by atoms with van der Waals surface area (Å²) in [6.45, 7) is -0.0239. The molecular weight excluding hydrogens is 344 g/mol. The molecule has 1 aliphatic rings. The Balaban J connectivity index is 1.77. The van der Waals surface area contributed by atoms with Gasteiger partial charge in [0.1, 0.15) is 5.75 Å². The molecule has 110 valence electrons. The molecule has 0 radical (unpaired) electrons. The van der Waals surface area contributed by atoms with E-state index in [9.17, 15) is 4.79 Å². The molecule has 0 aromatic heterocycles. The summed E-state index contributed by atoms with van der Waals surface area (Å²) in [4.78, 5) is 11.8. The third-order valence-electron chi connectivity index (χ3n) is 3.39. The Bertz CT molecular complexity index is 476. The van der Waals surface area contributed by atoms with Crippen molar-refractivity contribution in [2.75, 3.05) is 6.61 Å². The van der Waals surface area contributed by atoms with Crippen molar-refractivity contribution in [2.24, 2.45) is 5.73 Å². The van der Waals surface area contributed by atoms with Crippen LogP contribution < -0.4 is 15.8 Å². The van der Waals surface area contributed by atoms with Crippen molar-refractivity contribution in [3.63, 3.8) is 0 Å². The van der Waals surface area contributed by atoms with E-state index in [1.54, 1.807) is 12.1 Å². The second kappa shape index (κ2) is 7.29. The van der Waals surface area contributed by atoms with Gasteiger partial charge in [0.05, 0.1) is 5.02 Å². The zero-order chi connectivity index (χ0) is 14.5. The van der Waals surface area contributed by atoms with E-state index in [4.69, 9.17) is 22.1 Å². The summed E-state index contributed by atoms with van der Waals surface area (Å²) in [6, 6.07) is 5.78. The van der Waals surface area contributed by atoms with E-state index in [1.807, 2.05) is 6.07 Å². The molecule has 1 aromatic carbocycles. The number of rotatable bonds is 4. The molecule has 0 unspecified atom stereocenters. The number of carbonyl (C=O) groups is 1. The van der Waals surface area contributed by atoms with Crippen LogP contribution in [0.15, 0.2) is 22.7 Å². The van der Waals surface area contributed by atoms with Gasteiger partial charge in [0, 0.05) is 16.6 Å². The normalized spacial score (nSPS) is 22.4. The van der Waals surface area contributed by atoms with E-state index in [2.05, 4.69) is 21.2 Å². The third-order valence-corrected chi connectivity index (χ3v) is 4.18. The Hall–Kier alpha value is -0.780. The lowest BCUT2D eigenvalue weighted by Crippen LogP contribution is -2.42. The molecule has 0 atom stereocenters. The van der Waals surface area contributed by atoms with Crippen molar-refractivity contribution in [3.05, 3.63) is 27.7 Å². The van der Waals surface area contributed by atoms with Crippen LogP contribution in [0.3, 0.4) is 0 Å². The van der Waals surface area contributed by atoms with E-state index in [1.165, 1.54) is 0 Å². The second-order valence-corrected chi connectivity index (χ2v) is 6.37. The van der Waals surface area contributed by atoms with Gasteiger partial charge in [-0.05, 0) is 43.9 Å². The number of hydrogen-bond donors (Lipinski definition) is 2. The molecule has 6 heteroatoms. The van der Waals surface area contributed by atoms with Crippen LogP contribution in [-0.4, -0.2) is 24.6 Å². The van der Waals surface area contributed by atoms with Gasteiger partial charge in [-0.3, -0.25) is 4.79 Å². The number of benzene rings is 1. The maximum atomic E-state index is 11.8. The minimum atomic E-state index is -0.121. The third kappa shape index (κ3) is 4.65. The largest absolute Gasteiger partial charge is 0.482 e. The number of amides is 1. The Kier molecular flexibility index (Phi) is 5.69. The number of hydrogen-bond acceptors (Lipinski definition) is 3. The molecule has 1 aliphatic carbocycles. The van der Waals surface area contributed by atoms with Gasteiger partial charge in [0.25, 0.3) is 5.91 Å². The lowest BCUT2D eigenvalue weighted by Gasteiger charge is -2.26. The zero-order valence-corrected chi connectivity index (χ0v) is 13.4. The van der Waals surface area contributed by atoms with Crippen LogP contribution in [0, 0.1) is 0 Å². The van der Waals surface area contributed by atoms with Gasteiger partial charge in [0.15, 0.2) is 6.61 Å². The fourth-order valence-electron chi connectivity index (χ4n) is 2.27. The first kappa shape index (κ1) is 15.6. The van der Waals surface area contributed by atoms with Gasteiger partial charge in [-0.15, -0.1) is 0 Å². The van der Waals surface area contributed by atoms with Gasteiger partial charge >= 0.3 is 0 Å². The Morgan fingerprint density at radius 1 is 1.40 bits per heavy atom. The first-order valence-electron chi connectivity index (χ1n) is 6.67. The second-order valence-electron chi connectivity index (χ2n) is 5.04. The minimum Gasteiger partial charge on any atom is -0.482 e. The van der Waals surface area contributed by atoms with E-state index in [0.717, 1.165) is 30.2 Å². The minimum absolute atomic E-state index is 0.0239. The summed E-state index contributed by atoms with van der Waals surface area (Å²) in [5.41, 5.74) is 5.84. The maximum absolute atomic E-state index is 11.8. The van der Waals surface area contributed by atoms with Crippen LogP contribution in [0.5, 0.6) is 5.75 Å². The summed E-state index contributed by atoms with van der Waals surface area (Å²) in [7, 11) is 0. The summed E-state index contributed by atoms with van der Waals surface area (Å²) < 4.78 is 6.30. The molecule has 1 fully saturated rings. The maximum Gasteiger partial charge on any atom is 0.258 e. The summed E-state index contributed by atoms with van der Waals surface area (Å²) in [5, 5.41) is 3.45. The number of carbonyl (C=O) groups excluding carboxylic acids is 1. The number of ether oxygens (including phenoxy) is 1. The lowest BCUT2D eigenvalue weighted by atomic mass is 9.92. The van der Waals surface area contributed by atoms with Crippen LogP contribution in [0.2, 0.25) is 5.02 Å². The molecule has 2 rings (SSSR count). The molecule has 4 nitrogen and oxygen atoms in total. The van der Waals surface area contributed by atoms with Crippen LogP contribution >= 0.6 is 27.5 Å². The number of nitrogens with two attached hydrogens (primary N) is 1. The average Bonchev–Trinajstić information content (AvgIpc) is 2.40. The van der Waals surface area contributed by atoms with E-state index < -0.39 is 0 Å². The van der Waals surface area contributed by atoms with Crippen molar-refractivity contribution in [3.8, 4) is 5.75 Å². The van der Waals surface area contributed by atoms with Crippen molar-refractivity contribution in [1.82, 2.24) is 5.32 Å². The lowest BCUT2D eigenvalue weighted by molar-refractivity contribution is -0.124. The molecule has 3 N–H and O–H groups in total. The topological polar surface area (TPSA) is 64.3 Å². The molecule has 0 heterocycles. The molecule has 0 aliphatic heterocycles. The van der Waals surface area contributed by atoms with E-state index >= 15 is 0 Å². The van der Waals surface area contributed by atoms with Crippen molar-refractivity contribution < 1.29 is 9.53 Å². The summed E-state index contributed by atoms with van der Waals surface area (Å²) in [6.07, 6.45) is 3.80. The van der Waals surface area contributed by atoms with Crippen LogP contribution in [0.25, 0.3) is 0 Å². The highest BCUT2D eigenvalue weighted by molar-refractivity contribution is 9.10. The molecule has 0 spiro atoms. The first-order valence-corrected chi connectivity index (χ1v) is 7.84. The highest BCUT2D eigenvalue weighted by atomic mass is 79.9. The van der Waals surface area contributed by atoms with Crippen LogP contribution in [0.4, 0.5) is 0 Å². The monoisotopic (exact) mass is 360 g/mol. The Morgan fingerprint density at radius 3 is 2.75 bits per heavy atom. The quantitative estimate of drug-likeness (QED) is 0.866. The highest BCUT2D eigenvalue weighted by Crippen LogP contribution is 2.27. The predicted octanol–water partition coefficient (Wildman–Crippen LogP) is 2.87. The van der Waals surface area contributed by atoms with E-state index in [0.29, 0.717) is 10.8 Å². The van der Waals surface area contributed by atoms with Crippen molar-refractivity contribution >= 4 is 33.4 Å². The molecule has 1 aromatic rings. The smallest absolute Gasteiger partial charge is 0.258 e. The fourth-order valence-corrected chi connectivity index (χ4v) is 3.00. The Labute approximate surface area is 132 Å². The van der Waals surface area contributed by atoms with Crippen LogP contribution in [0.1, 0.15) is 25.7 Å². The average molecular weight is 362 g/mol. The molecule has 0 bridgehead atoms. The summed E-state index contributed by atoms with van der Waals surface area (Å²) >= 11 is 9.34. The molecule has 1 amide bonds. The number of halogens is 2. The molecular formula is C14H18BrClN2O2. The molecule has 20 heavy (non-hydrogen) atoms.